The number of nitrogens with zero attached hydrogens (tertiary/aromatic N) is 3. The highest BCUT2D eigenvalue weighted by Gasteiger charge is 2.32. The van der Waals surface area contributed by atoms with E-state index in [0.29, 0.717) is 34.4 Å². The molecule has 2 heterocycles. The fourth-order valence-electron chi connectivity index (χ4n) is 3.64. The molecule has 1 amide bonds. The first kappa shape index (κ1) is 22.4. The summed E-state index contributed by atoms with van der Waals surface area (Å²) < 4.78 is 32.8. The van der Waals surface area contributed by atoms with Gasteiger partial charge in [0.1, 0.15) is 10.8 Å². The SMILES string of the molecule is COc1ccc(NC(=O)c2nnc([C@H]3CCCN(S(=O)(=O)c4cccc(C)c4)C3)s2)cc1. The molecule has 0 aliphatic carbocycles. The first-order chi connectivity index (χ1) is 15.4. The zero-order valence-electron chi connectivity index (χ0n) is 17.8. The Kier molecular flexibility index (Phi) is 6.54. The van der Waals surface area contributed by atoms with Crippen molar-refractivity contribution in [3.8, 4) is 5.75 Å². The van der Waals surface area contributed by atoms with Crippen molar-refractivity contribution in [2.75, 3.05) is 25.5 Å². The van der Waals surface area contributed by atoms with Crippen molar-refractivity contribution in [2.24, 2.45) is 0 Å². The maximum atomic E-state index is 13.1. The lowest BCUT2D eigenvalue weighted by atomic mass is 10.0. The lowest BCUT2D eigenvalue weighted by molar-refractivity contribution is 0.102. The lowest BCUT2D eigenvalue weighted by Gasteiger charge is -2.30. The number of piperidine rings is 1. The second-order valence-corrected chi connectivity index (χ2v) is 10.6. The minimum Gasteiger partial charge on any atom is -0.497 e. The quantitative estimate of drug-likeness (QED) is 0.587. The monoisotopic (exact) mass is 472 g/mol. The highest BCUT2D eigenvalue weighted by atomic mass is 32.2. The number of anilines is 1. The molecule has 1 aliphatic heterocycles. The van der Waals surface area contributed by atoms with Crippen LogP contribution in [-0.4, -0.2) is 49.0 Å². The van der Waals surface area contributed by atoms with Gasteiger partial charge in [-0.25, -0.2) is 8.42 Å². The molecule has 1 aliphatic rings. The number of aromatic nitrogens is 2. The van der Waals surface area contributed by atoms with Gasteiger partial charge < -0.3 is 10.1 Å². The lowest BCUT2D eigenvalue weighted by Crippen LogP contribution is -2.39. The van der Waals surface area contributed by atoms with Crippen molar-refractivity contribution in [1.82, 2.24) is 14.5 Å². The predicted molar refractivity (Wildman–Crippen MR) is 123 cm³/mol. The van der Waals surface area contributed by atoms with Crippen LogP contribution in [0, 0.1) is 6.92 Å². The molecule has 4 rings (SSSR count). The minimum atomic E-state index is -3.58. The van der Waals surface area contributed by atoms with E-state index in [1.807, 2.05) is 13.0 Å². The number of ether oxygens (including phenoxy) is 1. The van der Waals surface area contributed by atoms with E-state index in [1.165, 1.54) is 15.6 Å². The summed E-state index contributed by atoms with van der Waals surface area (Å²) in [4.78, 5) is 12.9. The highest BCUT2D eigenvalue weighted by molar-refractivity contribution is 7.89. The number of hydrogen-bond acceptors (Lipinski definition) is 7. The van der Waals surface area contributed by atoms with E-state index in [1.54, 1.807) is 49.6 Å². The number of rotatable bonds is 6. The summed E-state index contributed by atoms with van der Waals surface area (Å²) in [7, 11) is -2.00. The maximum Gasteiger partial charge on any atom is 0.286 e. The van der Waals surface area contributed by atoms with Crippen molar-refractivity contribution >= 4 is 33.0 Å². The summed E-state index contributed by atoms with van der Waals surface area (Å²) in [6.07, 6.45) is 1.53. The van der Waals surface area contributed by atoms with Crippen molar-refractivity contribution < 1.29 is 17.9 Å². The summed E-state index contributed by atoms with van der Waals surface area (Å²) in [5.41, 5.74) is 1.52. The molecule has 0 unspecified atom stereocenters. The van der Waals surface area contributed by atoms with Crippen LogP contribution in [0.5, 0.6) is 5.75 Å². The molecule has 0 bridgehead atoms. The standard InChI is InChI=1S/C22H24N4O4S2/c1-15-5-3-7-19(13-15)32(28,29)26-12-4-6-16(14-26)21-24-25-22(31-21)20(27)23-17-8-10-18(30-2)11-9-17/h3,5,7-11,13,16H,4,6,12,14H2,1-2H3,(H,23,27)/t16-/m0/s1. The number of methoxy groups -OCH3 is 1. The summed E-state index contributed by atoms with van der Waals surface area (Å²) >= 11 is 1.20. The van der Waals surface area contributed by atoms with Crippen LogP contribution in [0.3, 0.4) is 0 Å². The van der Waals surface area contributed by atoms with E-state index in [2.05, 4.69) is 15.5 Å². The van der Waals surface area contributed by atoms with Crippen LogP contribution in [0.2, 0.25) is 0 Å². The molecule has 1 aromatic heterocycles. The second kappa shape index (κ2) is 9.35. The third-order valence-electron chi connectivity index (χ3n) is 5.34. The normalized spacial score (nSPS) is 17.1. The number of sulfonamides is 1. The molecule has 1 N–H and O–H groups in total. The van der Waals surface area contributed by atoms with E-state index < -0.39 is 10.0 Å². The van der Waals surface area contributed by atoms with Crippen LogP contribution in [0.25, 0.3) is 0 Å². The average Bonchev–Trinajstić information content (AvgIpc) is 3.30. The molecule has 0 radical (unpaired) electrons. The zero-order chi connectivity index (χ0) is 22.7. The van der Waals surface area contributed by atoms with Gasteiger partial charge in [-0.1, -0.05) is 23.5 Å². The van der Waals surface area contributed by atoms with E-state index in [4.69, 9.17) is 4.74 Å². The molecule has 1 fully saturated rings. The van der Waals surface area contributed by atoms with Gasteiger partial charge in [0.25, 0.3) is 5.91 Å². The predicted octanol–water partition coefficient (Wildman–Crippen LogP) is 3.68. The van der Waals surface area contributed by atoms with E-state index in [9.17, 15) is 13.2 Å². The van der Waals surface area contributed by atoms with Crippen LogP contribution >= 0.6 is 11.3 Å². The Morgan fingerprint density at radius 3 is 2.69 bits per heavy atom. The van der Waals surface area contributed by atoms with Gasteiger partial charge in [0, 0.05) is 24.7 Å². The van der Waals surface area contributed by atoms with E-state index >= 15 is 0 Å². The fraction of sp³-hybridized carbons (Fsp3) is 0.318. The van der Waals surface area contributed by atoms with Gasteiger partial charge in [-0.15, -0.1) is 10.2 Å². The smallest absolute Gasteiger partial charge is 0.286 e. The molecule has 2 aromatic carbocycles. The molecule has 1 saturated heterocycles. The Labute approximate surface area is 191 Å². The summed E-state index contributed by atoms with van der Waals surface area (Å²) in [5, 5.41) is 12.0. The molecule has 1 atom stereocenters. The van der Waals surface area contributed by atoms with Gasteiger partial charge in [0.05, 0.1) is 12.0 Å². The Hall–Kier alpha value is -2.82. The minimum absolute atomic E-state index is 0.0941. The number of aryl methyl sites for hydroxylation is 1. The number of amides is 1. The number of carbonyl (C=O) groups excluding carboxylic acids is 1. The summed E-state index contributed by atoms with van der Waals surface area (Å²) in [6, 6.07) is 13.9. The first-order valence-electron chi connectivity index (χ1n) is 10.2. The Bertz CT molecular complexity index is 1210. The molecule has 8 nitrogen and oxygen atoms in total. The van der Waals surface area contributed by atoms with Gasteiger partial charge in [-0.05, 0) is 61.7 Å². The molecule has 32 heavy (non-hydrogen) atoms. The molecule has 168 valence electrons. The Morgan fingerprint density at radius 1 is 1.19 bits per heavy atom. The van der Waals surface area contributed by atoms with Gasteiger partial charge in [0.15, 0.2) is 0 Å². The van der Waals surface area contributed by atoms with Crippen molar-refractivity contribution in [3.63, 3.8) is 0 Å². The van der Waals surface area contributed by atoms with Crippen LogP contribution < -0.4 is 10.1 Å². The maximum absolute atomic E-state index is 13.1. The van der Waals surface area contributed by atoms with Crippen LogP contribution in [0.1, 0.15) is 39.1 Å². The summed E-state index contributed by atoms with van der Waals surface area (Å²) in [5.74, 6) is 0.256. The van der Waals surface area contributed by atoms with Crippen molar-refractivity contribution in [2.45, 2.75) is 30.6 Å². The Morgan fingerprint density at radius 2 is 1.97 bits per heavy atom. The second-order valence-electron chi connectivity index (χ2n) is 7.65. The number of benzene rings is 2. The largest absolute Gasteiger partial charge is 0.497 e. The number of hydrogen-bond donors (Lipinski definition) is 1. The highest BCUT2D eigenvalue weighted by Crippen LogP contribution is 2.32. The number of carbonyl (C=O) groups is 1. The molecular weight excluding hydrogens is 448 g/mol. The number of nitrogens with one attached hydrogen (secondary N) is 1. The van der Waals surface area contributed by atoms with E-state index in [-0.39, 0.29) is 16.8 Å². The summed E-state index contributed by atoms with van der Waals surface area (Å²) in [6.45, 7) is 2.67. The van der Waals surface area contributed by atoms with Crippen molar-refractivity contribution in [1.29, 1.82) is 0 Å². The van der Waals surface area contributed by atoms with Gasteiger partial charge in [0.2, 0.25) is 15.0 Å². The third kappa shape index (κ3) is 4.82. The molecule has 10 heteroatoms. The zero-order valence-corrected chi connectivity index (χ0v) is 19.4. The van der Waals surface area contributed by atoms with Gasteiger partial charge in [-0.3, -0.25) is 4.79 Å². The van der Waals surface area contributed by atoms with E-state index in [0.717, 1.165) is 18.4 Å². The first-order valence-corrected chi connectivity index (χ1v) is 12.5. The topological polar surface area (TPSA) is 101 Å². The average molecular weight is 473 g/mol. The van der Waals surface area contributed by atoms with Crippen molar-refractivity contribution in [3.05, 3.63) is 64.1 Å². The third-order valence-corrected chi connectivity index (χ3v) is 8.29. The molecule has 0 spiro atoms. The Balaban J connectivity index is 1.45. The van der Waals surface area contributed by atoms with Crippen LogP contribution in [0.4, 0.5) is 5.69 Å². The fourth-order valence-corrected chi connectivity index (χ4v) is 6.13. The van der Waals surface area contributed by atoms with Crippen LogP contribution in [0.15, 0.2) is 53.4 Å². The van der Waals surface area contributed by atoms with Gasteiger partial charge in [-0.2, -0.15) is 4.31 Å². The van der Waals surface area contributed by atoms with Gasteiger partial charge >= 0.3 is 0 Å². The molecular formula is C22H24N4O4S2. The molecule has 0 saturated carbocycles. The van der Waals surface area contributed by atoms with Crippen LogP contribution in [-0.2, 0) is 10.0 Å². The molecule has 3 aromatic rings.